The Labute approximate surface area is 179 Å². The van der Waals surface area contributed by atoms with E-state index >= 15 is 0 Å². The molecule has 0 aliphatic carbocycles. The number of sulfone groups is 1. The summed E-state index contributed by atoms with van der Waals surface area (Å²) in [6.45, 7) is 11.0. The number of benzene rings is 1. The van der Waals surface area contributed by atoms with Gasteiger partial charge in [-0.15, -0.1) is 0 Å². The van der Waals surface area contributed by atoms with E-state index in [0.29, 0.717) is 23.9 Å². The van der Waals surface area contributed by atoms with Crippen molar-refractivity contribution in [3.8, 4) is 11.5 Å². The summed E-state index contributed by atoms with van der Waals surface area (Å²) in [4.78, 5) is 18.8. The van der Waals surface area contributed by atoms with Crippen molar-refractivity contribution in [3.63, 3.8) is 0 Å². The molecule has 1 aromatic carbocycles. The molecule has 1 amide bonds. The number of aryl methyl sites for hydroxylation is 2. The molecule has 2 rings (SSSR count). The van der Waals surface area contributed by atoms with Crippen LogP contribution in [-0.2, 0) is 20.4 Å². The maximum Gasteiger partial charge on any atom is 0.235 e. The van der Waals surface area contributed by atoms with Crippen molar-refractivity contribution in [2.24, 2.45) is 0 Å². The fraction of sp³-hybridized carbons (Fsp3) is 0.545. The quantitative estimate of drug-likeness (QED) is 0.551. The molecule has 0 bridgehead atoms. The van der Waals surface area contributed by atoms with Crippen LogP contribution in [0.5, 0.6) is 0 Å². The zero-order valence-electron chi connectivity index (χ0n) is 18.4. The zero-order chi connectivity index (χ0) is 22.1. The summed E-state index contributed by atoms with van der Waals surface area (Å²) in [7, 11) is -3.65. The van der Waals surface area contributed by atoms with E-state index in [1.807, 2.05) is 31.2 Å². The zero-order valence-corrected chi connectivity index (χ0v) is 19.2. The Bertz CT molecular complexity index is 932. The van der Waals surface area contributed by atoms with Gasteiger partial charge in [0.2, 0.25) is 11.8 Å². The van der Waals surface area contributed by atoms with E-state index < -0.39 is 21.5 Å². The Hall–Kier alpha value is -2.19. The lowest BCUT2D eigenvalue weighted by Gasteiger charge is -2.20. The van der Waals surface area contributed by atoms with E-state index in [0.717, 1.165) is 43.6 Å². The first-order chi connectivity index (χ1) is 14.3. The second-order valence-corrected chi connectivity index (χ2v) is 9.63. The van der Waals surface area contributed by atoms with Gasteiger partial charge in [0.1, 0.15) is 11.5 Å². The van der Waals surface area contributed by atoms with Crippen LogP contribution >= 0.6 is 0 Å². The van der Waals surface area contributed by atoms with Crippen molar-refractivity contribution in [2.45, 2.75) is 46.3 Å². The summed E-state index contributed by atoms with van der Waals surface area (Å²) in [5.74, 6) is -0.512. The molecule has 0 fully saturated rings. The number of aromatic nitrogens is 1. The van der Waals surface area contributed by atoms with Crippen molar-refractivity contribution in [1.29, 1.82) is 0 Å². The lowest BCUT2D eigenvalue weighted by molar-refractivity contribution is -0.118. The predicted octanol–water partition coefficient (Wildman–Crippen LogP) is 3.11. The number of rotatable bonds is 12. The van der Waals surface area contributed by atoms with Crippen LogP contribution in [0.3, 0.4) is 0 Å². The number of nitrogens with one attached hydrogen (secondary N) is 1. The highest BCUT2D eigenvalue weighted by Crippen LogP contribution is 2.25. The van der Waals surface area contributed by atoms with Gasteiger partial charge in [-0.05, 0) is 51.4 Å². The number of hydrogen-bond acceptors (Lipinski definition) is 6. The number of nitrogens with zero attached hydrogens (tertiary/aromatic N) is 2. The monoisotopic (exact) mass is 435 g/mol. The lowest BCUT2D eigenvalue weighted by Crippen LogP contribution is -2.38. The van der Waals surface area contributed by atoms with E-state index in [4.69, 9.17) is 4.42 Å². The molecule has 0 atom stereocenters. The Kier molecular flexibility index (Phi) is 9.05. The first kappa shape index (κ1) is 24.1. The Morgan fingerprint density at radius 2 is 1.77 bits per heavy atom. The molecule has 0 radical (unpaired) electrons. The highest BCUT2D eigenvalue weighted by atomic mass is 32.2. The van der Waals surface area contributed by atoms with Gasteiger partial charge in [0.15, 0.2) is 9.84 Å². The number of oxazole rings is 1. The molecule has 1 aromatic heterocycles. The summed E-state index contributed by atoms with van der Waals surface area (Å²) in [5, 5.41) is 2.72. The molecule has 0 aliphatic heterocycles. The first-order valence-electron chi connectivity index (χ1n) is 10.5. The van der Waals surface area contributed by atoms with Crippen molar-refractivity contribution in [3.05, 3.63) is 41.3 Å². The molecule has 1 N–H and O–H groups in total. The number of hydrogen-bond donors (Lipinski definition) is 1. The third kappa shape index (κ3) is 7.25. The molecule has 2 aromatic rings. The fourth-order valence-corrected chi connectivity index (χ4v) is 4.61. The van der Waals surface area contributed by atoms with Crippen LogP contribution in [0.25, 0.3) is 11.5 Å². The van der Waals surface area contributed by atoms with Crippen LogP contribution in [0, 0.1) is 13.8 Å². The SMILES string of the molecule is CCCN(CCC)CCNC(=O)CS(=O)(=O)Cc1nc(-c2ccccc2C)oc1C. The minimum atomic E-state index is -3.65. The summed E-state index contributed by atoms with van der Waals surface area (Å²) in [5.41, 5.74) is 2.16. The molecule has 30 heavy (non-hydrogen) atoms. The molecule has 0 spiro atoms. The molecule has 0 saturated carbocycles. The average Bonchev–Trinajstić information content (AvgIpc) is 3.01. The number of carbonyl (C=O) groups excluding carboxylic acids is 1. The smallest absolute Gasteiger partial charge is 0.235 e. The molecule has 7 nitrogen and oxygen atoms in total. The largest absolute Gasteiger partial charge is 0.441 e. The molecule has 0 saturated heterocycles. The summed E-state index contributed by atoms with van der Waals surface area (Å²) in [6.07, 6.45) is 2.09. The third-order valence-corrected chi connectivity index (χ3v) is 6.22. The fourth-order valence-electron chi connectivity index (χ4n) is 3.32. The average molecular weight is 436 g/mol. The minimum Gasteiger partial charge on any atom is -0.441 e. The summed E-state index contributed by atoms with van der Waals surface area (Å²) >= 11 is 0. The molecular weight excluding hydrogens is 402 g/mol. The van der Waals surface area contributed by atoms with Crippen molar-refractivity contribution in [2.75, 3.05) is 31.9 Å². The van der Waals surface area contributed by atoms with Gasteiger partial charge in [0.25, 0.3) is 0 Å². The topological polar surface area (TPSA) is 92.5 Å². The lowest BCUT2D eigenvalue weighted by atomic mass is 10.1. The maximum absolute atomic E-state index is 12.5. The van der Waals surface area contributed by atoms with Crippen LogP contribution < -0.4 is 5.32 Å². The van der Waals surface area contributed by atoms with Gasteiger partial charge in [-0.1, -0.05) is 32.0 Å². The van der Waals surface area contributed by atoms with Gasteiger partial charge in [0, 0.05) is 18.7 Å². The van der Waals surface area contributed by atoms with Gasteiger partial charge < -0.3 is 14.6 Å². The minimum absolute atomic E-state index is 0.320. The number of amides is 1. The highest BCUT2D eigenvalue weighted by Gasteiger charge is 2.22. The predicted molar refractivity (Wildman–Crippen MR) is 119 cm³/mol. The van der Waals surface area contributed by atoms with E-state index in [1.165, 1.54) is 0 Å². The van der Waals surface area contributed by atoms with Gasteiger partial charge in [-0.2, -0.15) is 0 Å². The molecular formula is C22H33N3O4S. The van der Waals surface area contributed by atoms with E-state index in [1.54, 1.807) is 6.92 Å². The standard InChI is InChI=1S/C22H33N3O4S/c1-5-12-25(13-6-2)14-11-23-21(26)16-30(27,28)15-20-18(4)29-22(24-20)19-10-8-7-9-17(19)3/h7-10H,5-6,11-16H2,1-4H3,(H,23,26). The molecule has 0 unspecified atom stereocenters. The Balaban J connectivity index is 1.94. The van der Waals surface area contributed by atoms with Crippen LogP contribution in [0.1, 0.15) is 43.7 Å². The van der Waals surface area contributed by atoms with Crippen molar-refractivity contribution >= 4 is 15.7 Å². The van der Waals surface area contributed by atoms with Crippen LogP contribution in [0.2, 0.25) is 0 Å². The van der Waals surface area contributed by atoms with Crippen molar-refractivity contribution in [1.82, 2.24) is 15.2 Å². The highest BCUT2D eigenvalue weighted by molar-refractivity contribution is 7.91. The summed E-state index contributed by atoms with van der Waals surface area (Å²) in [6, 6.07) is 7.62. The number of carbonyl (C=O) groups is 1. The first-order valence-corrected chi connectivity index (χ1v) is 12.3. The Morgan fingerprint density at radius 3 is 2.40 bits per heavy atom. The third-order valence-electron chi connectivity index (χ3n) is 4.81. The second-order valence-electron chi connectivity index (χ2n) is 7.56. The van der Waals surface area contributed by atoms with E-state index in [-0.39, 0.29) is 5.75 Å². The molecule has 1 heterocycles. The molecule has 0 aliphatic rings. The van der Waals surface area contributed by atoms with Gasteiger partial charge >= 0.3 is 0 Å². The van der Waals surface area contributed by atoms with Gasteiger partial charge in [-0.3, -0.25) is 4.79 Å². The van der Waals surface area contributed by atoms with E-state index in [9.17, 15) is 13.2 Å². The van der Waals surface area contributed by atoms with Crippen molar-refractivity contribution < 1.29 is 17.6 Å². The van der Waals surface area contributed by atoms with Crippen LogP contribution in [-0.4, -0.2) is 56.1 Å². The second kappa shape index (κ2) is 11.3. The Morgan fingerprint density at radius 1 is 1.10 bits per heavy atom. The van der Waals surface area contributed by atoms with Crippen LogP contribution in [0.15, 0.2) is 28.7 Å². The maximum atomic E-state index is 12.5. The normalized spacial score (nSPS) is 11.8. The molecule has 8 heteroatoms. The molecule has 166 valence electrons. The van der Waals surface area contributed by atoms with Gasteiger partial charge in [0.05, 0.1) is 11.4 Å². The summed E-state index contributed by atoms with van der Waals surface area (Å²) < 4.78 is 30.7. The van der Waals surface area contributed by atoms with Crippen LogP contribution in [0.4, 0.5) is 0 Å². The van der Waals surface area contributed by atoms with E-state index in [2.05, 4.69) is 29.0 Å². The van der Waals surface area contributed by atoms with Gasteiger partial charge in [-0.25, -0.2) is 13.4 Å².